The number of amides is 3. The second-order valence-electron chi connectivity index (χ2n) is 7.35. The Balaban J connectivity index is 1.25. The Labute approximate surface area is 172 Å². The number of halogens is 1. The first kappa shape index (κ1) is 19.7. The predicted molar refractivity (Wildman–Crippen MR) is 109 cm³/mol. The largest absolute Gasteiger partial charge is 0.325 e. The number of aromatic nitrogens is 2. The Kier molecular flexibility index (Phi) is 5.72. The van der Waals surface area contributed by atoms with Crippen LogP contribution in [0.3, 0.4) is 0 Å². The molecule has 1 aliphatic carbocycles. The van der Waals surface area contributed by atoms with Gasteiger partial charge in [-0.05, 0) is 38.0 Å². The molecule has 1 aromatic carbocycles. The van der Waals surface area contributed by atoms with Crippen LogP contribution in [0.1, 0.15) is 30.7 Å². The number of urea groups is 1. The van der Waals surface area contributed by atoms with E-state index in [1.165, 1.54) is 23.5 Å². The number of piperazine rings is 1. The molecule has 154 valence electrons. The van der Waals surface area contributed by atoms with Crippen LogP contribution >= 0.6 is 11.3 Å². The smallest absolute Gasteiger partial charge is 0.323 e. The Bertz CT molecular complexity index is 894. The minimum absolute atomic E-state index is 0.194. The molecule has 8 nitrogen and oxygen atoms in total. The van der Waals surface area contributed by atoms with Crippen LogP contribution in [-0.2, 0) is 4.79 Å². The summed E-state index contributed by atoms with van der Waals surface area (Å²) < 4.78 is 13.3. The summed E-state index contributed by atoms with van der Waals surface area (Å²) in [5.74, 6) is -0.0774. The van der Waals surface area contributed by atoms with E-state index in [-0.39, 0.29) is 18.0 Å². The second-order valence-corrected chi connectivity index (χ2v) is 8.36. The molecule has 1 aliphatic heterocycles. The number of anilines is 2. The first-order valence-corrected chi connectivity index (χ1v) is 10.5. The Morgan fingerprint density at radius 1 is 1.17 bits per heavy atom. The molecule has 1 unspecified atom stereocenters. The van der Waals surface area contributed by atoms with Gasteiger partial charge in [0.1, 0.15) is 10.8 Å². The molecule has 1 saturated carbocycles. The maximum absolute atomic E-state index is 13.3. The molecule has 2 N–H and O–H groups in total. The van der Waals surface area contributed by atoms with Gasteiger partial charge in [-0.15, -0.1) is 10.2 Å². The third kappa shape index (κ3) is 4.88. The molecule has 3 amide bonds. The third-order valence-corrected chi connectivity index (χ3v) is 6.20. The molecule has 1 atom stereocenters. The van der Waals surface area contributed by atoms with E-state index in [1.54, 1.807) is 17.0 Å². The molecule has 0 spiro atoms. The summed E-state index contributed by atoms with van der Waals surface area (Å²) in [7, 11) is 0. The number of nitrogens with one attached hydrogen (secondary N) is 2. The molecule has 0 bridgehead atoms. The zero-order valence-corrected chi connectivity index (χ0v) is 16.9. The molecule has 1 saturated heterocycles. The molecule has 2 aromatic rings. The summed E-state index contributed by atoms with van der Waals surface area (Å²) in [6, 6.07) is 5.25. The fourth-order valence-electron chi connectivity index (χ4n) is 3.24. The maximum atomic E-state index is 13.3. The van der Waals surface area contributed by atoms with Crippen LogP contribution in [0.25, 0.3) is 0 Å². The van der Waals surface area contributed by atoms with E-state index in [0.29, 0.717) is 42.9 Å². The molecule has 10 heteroatoms. The zero-order valence-electron chi connectivity index (χ0n) is 16.1. The van der Waals surface area contributed by atoms with E-state index in [9.17, 15) is 14.0 Å². The van der Waals surface area contributed by atoms with Gasteiger partial charge in [0.2, 0.25) is 11.0 Å². The van der Waals surface area contributed by atoms with Gasteiger partial charge < -0.3 is 10.2 Å². The van der Waals surface area contributed by atoms with Gasteiger partial charge >= 0.3 is 6.03 Å². The van der Waals surface area contributed by atoms with Crippen LogP contribution in [0.2, 0.25) is 0 Å². The highest BCUT2D eigenvalue weighted by molar-refractivity contribution is 7.15. The van der Waals surface area contributed by atoms with Crippen LogP contribution in [0.5, 0.6) is 0 Å². The Morgan fingerprint density at radius 3 is 2.62 bits per heavy atom. The van der Waals surface area contributed by atoms with Crippen molar-refractivity contribution in [1.29, 1.82) is 0 Å². The average molecular weight is 418 g/mol. The van der Waals surface area contributed by atoms with Crippen LogP contribution in [0.4, 0.5) is 20.0 Å². The van der Waals surface area contributed by atoms with E-state index < -0.39 is 5.82 Å². The molecule has 2 fully saturated rings. The summed E-state index contributed by atoms with van der Waals surface area (Å²) in [4.78, 5) is 28.6. The van der Waals surface area contributed by atoms with E-state index in [2.05, 4.69) is 20.8 Å². The van der Waals surface area contributed by atoms with Crippen molar-refractivity contribution in [1.82, 2.24) is 20.0 Å². The molecular weight excluding hydrogens is 395 g/mol. The average Bonchev–Trinajstić information content (AvgIpc) is 3.47. The third-order valence-electron chi connectivity index (χ3n) is 5.20. The van der Waals surface area contributed by atoms with E-state index in [4.69, 9.17) is 0 Å². The van der Waals surface area contributed by atoms with Crippen molar-refractivity contribution in [2.75, 3.05) is 36.8 Å². The lowest BCUT2D eigenvalue weighted by molar-refractivity contribution is -0.121. The SMILES string of the molecule is CC(C(=O)Nc1cccc(F)c1)N1CCN(C(=O)Nc2nnc(C3CC3)s2)CC1. The number of hydrogen-bond acceptors (Lipinski definition) is 6. The number of hydrogen-bond donors (Lipinski definition) is 2. The molecule has 1 aromatic heterocycles. The Hall–Kier alpha value is -2.59. The molecule has 2 heterocycles. The number of rotatable bonds is 5. The molecule has 4 rings (SSSR count). The van der Waals surface area contributed by atoms with Gasteiger partial charge in [0.15, 0.2) is 0 Å². The van der Waals surface area contributed by atoms with Crippen molar-refractivity contribution in [2.45, 2.75) is 31.7 Å². The van der Waals surface area contributed by atoms with Gasteiger partial charge in [-0.1, -0.05) is 17.4 Å². The standard InChI is InChI=1S/C19H23FN6O2S/c1-12(16(27)21-15-4-2-3-14(20)11-15)25-7-9-26(10-8-25)19(28)22-18-24-23-17(29-18)13-5-6-13/h2-4,11-13H,5-10H2,1H3,(H,21,27)(H,22,24,28). The van der Waals surface area contributed by atoms with Gasteiger partial charge in [-0.3, -0.25) is 15.0 Å². The number of carbonyl (C=O) groups excluding carboxylic acids is 2. The van der Waals surface area contributed by atoms with E-state index in [0.717, 1.165) is 17.8 Å². The normalized spacial score (nSPS) is 18.3. The highest BCUT2D eigenvalue weighted by Gasteiger charge is 2.30. The van der Waals surface area contributed by atoms with Crippen molar-refractivity contribution < 1.29 is 14.0 Å². The minimum Gasteiger partial charge on any atom is -0.325 e. The van der Waals surface area contributed by atoms with Gasteiger partial charge in [0.25, 0.3) is 0 Å². The van der Waals surface area contributed by atoms with Gasteiger partial charge in [-0.25, -0.2) is 9.18 Å². The summed E-state index contributed by atoms with van der Waals surface area (Å²) in [5.41, 5.74) is 0.433. The van der Waals surface area contributed by atoms with E-state index >= 15 is 0 Å². The molecule has 29 heavy (non-hydrogen) atoms. The van der Waals surface area contributed by atoms with Crippen molar-refractivity contribution in [3.63, 3.8) is 0 Å². The lowest BCUT2D eigenvalue weighted by Crippen LogP contribution is -2.54. The highest BCUT2D eigenvalue weighted by Crippen LogP contribution is 2.42. The topological polar surface area (TPSA) is 90.5 Å². The quantitative estimate of drug-likeness (QED) is 0.779. The Morgan fingerprint density at radius 2 is 1.93 bits per heavy atom. The fraction of sp³-hybridized carbons (Fsp3) is 0.474. The maximum Gasteiger partial charge on any atom is 0.323 e. The van der Waals surface area contributed by atoms with E-state index in [1.807, 2.05) is 11.8 Å². The zero-order chi connectivity index (χ0) is 20.4. The second kappa shape index (κ2) is 8.42. The van der Waals surface area contributed by atoms with Crippen LogP contribution < -0.4 is 10.6 Å². The van der Waals surface area contributed by atoms with Crippen LogP contribution in [0.15, 0.2) is 24.3 Å². The van der Waals surface area contributed by atoms with Crippen LogP contribution in [0, 0.1) is 5.82 Å². The lowest BCUT2D eigenvalue weighted by Gasteiger charge is -2.37. The summed E-state index contributed by atoms with van der Waals surface area (Å²) >= 11 is 1.44. The lowest BCUT2D eigenvalue weighted by atomic mass is 10.2. The minimum atomic E-state index is -0.394. The fourth-order valence-corrected chi connectivity index (χ4v) is 4.14. The summed E-state index contributed by atoms with van der Waals surface area (Å²) in [5, 5.41) is 15.2. The number of nitrogens with zero attached hydrogens (tertiary/aromatic N) is 4. The van der Waals surface area contributed by atoms with Crippen molar-refractivity contribution in [3.8, 4) is 0 Å². The first-order chi connectivity index (χ1) is 14.0. The molecular formula is C19H23FN6O2S. The first-order valence-electron chi connectivity index (χ1n) is 9.69. The number of carbonyl (C=O) groups is 2. The monoisotopic (exact) mass is 418 g/mol. The van der Waals surface area contributed by atoms with Gasteiger partial charge in [0, 0.05) is 37.8 Å². The molecule has 2 aliphatic rings. The van der Waals surface area contributed by atoms with Crippen molar-refractivity contribution in [2.24, 2.45) is 0 Å². The summed E-state index contributed by atoms with van der Waals surface area (Å²) in [6.45, 7) is 3.99. The van der Waals surface area contributed by atoms with Crippen LogP contribution in [-0.4, -0.2) is 64.2 Å². The highest BCUT2D eigenvalue weighted by atomic mass is 32.1. The summed E-state index contributed by atoms with van der Waals surface area (Å²) in [6.07, 6.45) is 2.30. The van der Waals surface area contributed by atoms with Gasteiger partial charge in [0.05, 0.1) is 6.04 Å². The molecule has 0 radical (unpaired) electrons. The van der Waals surface area contributed by atoms with Crippen molar-refractivity contribution >= 4 is 34.1 Å². The predicted octanol–water partition coefficient (Wildman–Crippen LogP) is 2.73. The number of benzene rings is 1. The van der Waals surface area contributed by atoms with Gasteiger partial charge in [-0.2, -0.15) is 0 Å². The van der Waals surface area contributed by atoms with Crippen molar-refractivity contribution in [3.05, 3.63) is 35.1 Å².